The molecule has 3 aliphatic rings. The average Bonchev–Trinajstić information content (AvgIpc) is 3.44. The van der Waals surface area contributed by atoms with Gasteiger partial charge in [0.15, 0.2) is 0 Å². The van der Waals surface area contributed by atoms with Gasteiger partial charge < -0.3 is 24.2 Å². The van der Waals surface area contributed by atoms with Crippen molar-refractivity contribution in [3.8, 4) is 12.1 Å². The van der Waals surface area contributed by atoms with E-state index in [0.29, 0.717) is 44.2 Å². The molecule has 242 valence electrons. The molecule has 5 rings (SSSR count). The summed E-state index contributed by atoms with van der Waals surface area (Å²) in [4.78, 5) is 29.6. The SMILES string of the molecule is C=CC(=O)N1CCN(c2nc(OC[C@@H]3C[C@@H](OC)CN3CC)nc3c2CCN(c2cccc(Cl)c2C(F)(F)F)C3)C[C@@H]1CC#N. The maximum atomic E-state index is 14.1. The zero-order valence-electron chi connectivity index (χ0n) is 25.4. The number of alkyl halides is 3. The minimum atomic E-state index is -4.64. The molecule has 1 aromatic heterocycles. The van der Waals surface area contributed by atoms with E-state index in [1.165, 1.54) is 24.3 Å². The molecule has 1 aromatic carbocycles. The minimum Gasteiger partial charge on any atom is -0.462 e. The van der Waals surface area contributed by atoms with E-state index < -0.39 is 11.7 Å². The van der Waals surface area contributed by atoms with Gasteiger partial charge in [-0.15, -0.1) is 0 Å². The molecule has 0 bridgehead atoms. The van der Waals surface area contributed by atoms with Gasteiger partial charge in [0, 0.05) is 51.4 Å². The van der Waals surface area contributed by atoms with E-state index in [1.54, 1.807) is 16.9 Å². The summed E-state index contributed by atoms with van der Waals surface area (Å²) < 4.78 is 54.0. The maximum absolute atomic E-state index is 14.1. The summed E-state index contributed by atoms with van der Waals surface area (Å²) in [6.45, 7) is 9.15. The molecule has 45 heavy (non-hydrogen) atoms. The van der Waals surface area contributed by atoms with Gasteiger partial charge in [-0.05, 0) is 37.6 Å². The lowest BCUT2D eigenvalue weighted by Gasteiger charge is -2.42. The van der Waals surface area contributed by atoms with Gasteiger partial charge in [0.2, 0.25) is 5.91 Å². The number of amides is 1. The first-order chi connectivity index (χ1) is 21.6. The molecule has 2 saturated heterocycles. The van der Waals surface area contributed by atoms with Crippen LogP contribution in [0.25, 0.3) is 0 Å². The highest BCUT2D eigenvalue weighted by atomic mass is 35.5. The number of piperazine rings is 1. The zero-order valence-corrected chi connectivity index (χ0v) is 26.1. The smallest absolute Gasteiger partial charge is 0.419 e. The third-order valence-corrected chi connectivity index (χ3v) is 9.15. The van der Waals surface area contributed by atoms with Crippen molar-refractivity contribution < 1.29 is 27.4 Å². The van der Waals surface area contributed by atoms with Crippen LogP contribution in [0.3, 0.4) is 0 Å². The van der Waals surface area contributed by atoms with E-state index in [0.717, 1.165) is 25.1 Å². The van der Waals surface area contributed by atoms with Crippen molar-refractivity contribution in [3.05, 3.63) is 52.7 Å². The zero-order chi connectivity index (χ0) is 32.3. The van der Waals surface area contributed by atoms with E-state index in [2.05, 4.69) is 24.5 Å². The highest BCUT2D eigenvalue weighted by Gasteiger charge is 2.39. The van der Waals surface area contributed by atoms with Crippen molar-refractivity contribution in [3.63, 3.8) is 0 Å². The van der Waals surface area contributed by atoms with E-state index in [-0.39, 0.29) is 60.3 Å². The number of likely N-dealkylation sites (N-methyl/N-ethyl adjacent to an activating group) is 1. The summed E-state index contributed by atoms with van der Waals surface area (Å²) in [5.74, 6) is 0.367. The van der Waals surface area contributed by atoms with Gasteiger partial charge in [0.1, 0.15) is 12.4 Å². The first-order valence-corrected chi connectivity index (χ1v) is 15.4. The lowest BCUT2D eigenvalue weighted by atomic mass is 10.0. The second-order valence-corrected chi connectivity index (χ2v) is 11.8. The van der Waals surface area contributed by atoms with Crippen molar-refractivity contribution >= 4 is 29.0 Å². The molecular weight excluding hydrogens is 611 g/mol. The van der Waals surface area contributed by atoms with Crippen LogP contribution in [-0.2, 0) is 28.7 Å². The van der Waals surface area contributed by atoms with Gasteiger partial charge in [0.25, 0.3) is 0 Å². The van der Waals surface area contributed by atoms with Crippen molar-refractivity contribution in [2.24, 2.45) is 0 Å². The van der Waals surface area contributed by atoms with Crippen LogP contribution in [0.4, 0.5) is 24.7 Å². The van der Waals surface area contributed by atoms with Crippen molar-refractivity contribution in [1.29, 1.82) is 5.26 Å². The van der Waals surface area contributed by atoms with Gasteiger partial charge in [0.05, 0.1) is 53.1 Å². The lowest BCUT2D eigenvalue weighted by Crippen LogP contribution is -2.55. The number of halogens is 4. The second-order valence-electron chi connectivity index (χ2n) is 11.4. The fourth-order valence-electron chi connectivity index (χ4n) is 6.55. The van der Waals surface area contributed by atoms with Crippen LogP contribution in [0.1, 0.15) is 36.6 Å². The molecule has 4 heterocycles. The van der Waals surface area contributed by atoms with Gasteiger partial charge in [-0.25, -0.2) is 0 Å². The van der Waals surface area contributed by atoms with Crippen LogP contribution in [0.2, 0.25) is 5.02 Å². The van der Waals surface area contributed by atoms with Crippen LogP contribution in [-0.4, -0.2) is 96.8 Å². The monoisotopic (exact) mass is 647 g/mol. The number of hydrogen-bond acceptors (Lipinski definition) is 9. The number of rotatable bonds is 9. The summed E-state index contributed by atoms with van der Waals surface area (Å²) >= 11 is 6.05. The molecule has 0 radical (unpaired) electrons. The highest BCUT2D eigenvalue weighted by Crippen LogP contribution is 2.43. The van der Waals surface area contributed by atoms with Crippen molar-refractivity contribution in [1.82, 2.24) is 19.8 Å². The van der Waals surface area contributed by atoms with E-state index in [9.17, 15) is 23.2 Å². The average molecular weight is 648 g/mol. The van der Waals surface area contributed by atoms with Gasteiger partial charge in [-0.3, -0.25) is 9.69 Å². The molecule has 0 aliphatic carbocycles. The number of aromatic nitrogens is 2. The Morgan fingerprint density at radius 2 is 2.00 bits per heavy atom. The standard InChI is InChI=1S/C31H37ClF3N7O3/c1-4-27(43)42-14-13-41(16-20(42)9-11-36)29-23-10-12-40(26-8-6-7-24(32)28(26)31(33,34)35)18-25(23)37-30(38-29)45-19-21-15-22(44-3)17-39(21)5-2/h4,6-8,20-22H,1,5,9-10,12-19H2,2-3H3/t20-,21-,22+/m0/s1. The molecule has 3 atom stereocenters. The number of likely N-dealkylation sites (tertiary alicyclic amines) is 1. The molecule has 0 saturated carbocycles. The fourth-order valence-corrected chi connectivity index (χ4v) is 6.83. The highest BCUT2D eigenvalue weighted by molar-refractivity contribution is 6.31. The number of carbonyl (C=O) groups is 1. The predicted octanol–water partition coefficient (Wildman–Crippen LogP) is 4.32. The number of ether oxygens (including phenoxy) is 2. The molecule has 1 amide bonds. The second kappa shape index (κ2) is 13.8. The Morgan fingerprint density at radius 1 is 1.20 bits per heavy atom. The Kier molecular flexibility index (Phi) is 10.1. The third kappa shape index (κ3) is 6.98. The van der Waals surface area contributed by atoms with E-state index in [1.807, 2.05) is 4.90 Å². The minimum absolute atomic E-state index is 0.0101. The number of benzene rings is 1. The summed E-state index contributed by atoms with van der Waals surface area (Å²) in [5.41, 5.74) is 0.481. The summed E-state index contributed by atoms with van der Waals surface area (Å²) in [6.07, 6.45) is -1.99. The fraction of sp³-hybridized carbons (Fsp3) is 0.548. The van der Waals surface area contributed by atoms with Gasteiger partial charge in [-0.2, -0.15) is 28.4 Å². The molecule has 10 nitrogen and oxygen atoms in total. The molecule has 0 N–H and O–H groups in total. The number of carbonyl (C=O) groups excluding carboxylic acids is 1. The molecular formula is C31H37ClF3N7O3. The molecule has 2 fully saturated rings. The Labute approximate surface area is 266 Å². The summed E-state index contributed by atoms with van der Waals surface area (Å²) in [6, 6.07) is 6.18. The normalized spacial score (nSPS) is 22.2. The largest absolute Gasteiger partial charge is 0.462 e. The van der Waals surface area contributed by atoms with Gasteiger partial charge >= 0.3 is 12.2 Å². The Morgan fingerprint density at radius 3 is 2.69 bits per heavy atom. The number of anilines is 2. The Bertz CT molecular complexity index is 1450. The lowest BCUT2D eigenvalue weighted by molar-refractivity contribution is -0.137. The van der Waals surface area contributed by atoms with Crippen LogP contribution in [0.5, 0.6) is 6.01 Å². The van der Waals surface area contributed by atoms with Crippen LogP contribution in [0, 0.1) is 11.3 Å². The molecule has 14 heteroatoms. The van der Waals surface area contributed by atoms with E-state index in [4.69, 9.17) is 31.0 Å². The number of fused-ring (bicyclic) bond motifs is 1. The summed E-state index contributed by atoms with van der Waals surface area (Å²) in [5, 5.41) is 9.13. The Balaban J connectivity index is 1.48. The topological polar surface area (TPSA) is 98.1 Å². The predicted molar refractivity (Wildman–Crippen MR) is 163 cm³/mol. The summed E-state index contributed by atoms with van der Waals surface area (Å²) in [7, 11) is 1.69. The molecule has 3 aliphatic heterocycles. The first kappa shape index (κ1) is 32.8. The number of nitriles is 1. The molecule has 0 spiro atoms. The van der Waals surface area contributed by atoms with Crippen LogP contribution < -0.4 is 14.5 Å². The molecule has 2 aromatic rings. The molecule has 0 unspecified atom stereocenters. The van der Waals surface area contributed by atoms with Gasteiger partial charge in [-0.1, -0.05) is 31.2 Å². The Hall–Kier alpha value is -3.60. The van der Waals surface area contributed by atoms with Crippen LogP contribution >= 0.6 is 11.6 Å². The number of hydrogen-bond donors (Lipinski definition) is 0. The van der Waals surface area contributed by atoms with Crippen LogP contribution in [0.15, 0.2) is 30.9 Å². The number of methoxy groups -OCH3 is 1. The van der Waals surface area contributed by atoms with E-state index >= 15 is 0 Å². The number of nitrogens with zero attached hydrogens (tertiary/aromatic N) is 7. The first-order valence-electron chi connectivity index (χ1n) is 15.0. The van der Waals surface area contributed by atoms with Crippen molar-refractivity contribution in [2.75, 3.05) is 62.8 Å². The third-order valence-electron chi connectivity index (χ3n) is 8.84. The van der Waals surface area contributed by atoms with Crippen molar-refractivity contribution in [2.45, 2.75) is 57.1 Å². The quantitative estimate of drug-likeness (QED) is 0.369. The maximum Gasteiger partial charge on any atom is 0.419 e.